The Morgan fingerprint density at radius 2 is 0.457 bits per heavy atom. The normalized spacial score (nSPS) is 11.2. The van der Waals surface area contributed by atoms with Crippen molar-refractivity contribution in [2.45, 2.75) is 210 Å². The Kier molecular flexibility index (Phi) is 25.9. The van der Waals surface area contributed by atoms with Crippen LogP contribution in [0.2, 0.25) is 0 Å². The molecule has 0 fully saturated rings. The fourth-order valence-corrected chi connectivity index (χ4v) is 13.2. The van der Waals surface area contributed by atoms with E-state index in [1.54, 1.807) is 0 Å². The molecule has 0 aliphatic heterocycles. The van der Waals surface area contributed by atoms with Crippen LogP contribution >= 0.6 is 0 Å². The molecule has 0 saturated heterocycles. The molecule has 0 aliphatic rings. The largest absolute Gasteiger partial charge is 0.208 e. The predicted octanol–water partition coefficient (Wildman–Crippen LogP) is 24.5. The van der Waals surface area contributed by atoms with Gasteiger partial charge in [-0.2, -0.15) is 0 Å². The second kappa shape index (κ2) is 35.0. The highest BCUT2D eigenvalue weighted by atomic mass is 15.0. The maximum Gasteiger partial charge on any atom is 0.164 e. The number of hydrogen-bond donors (Lipinski definition) is 0. The van der Waals surface area contributed by atoms with Crippen molar-refractivity contribution in [1.29, 1.82) is 0 Å². The van der Waals surface area contributed by atoms with Gasteiger partial charge in [0.1, 0.15) is 0 Å². The summed E-state index contributed by atoms with van der Waals surface area (Å²) in [5.41, 5.74) is 23.9. The third-order valence-corrected chi connectivity index (χ3v) is 18.1. The van der Waals surface area contributed by atoms with Gasteiger partial charge in [-0.25, -0.2) is 29.9 Å². The fourth-order valence-electron chi connectivity index (χ4n) is 13.2. The van der Waals surface area contributed by atoms with E-state index in [0.29, 0.717) is 29.1 Å². The van der Waals surface area contributed by atoms with Crippen LogP contribution in [0.5, 0.6) is 0 Å². The van der Waals surface area contributed by atoms with E-state index in [1.807, 2.05) is 0 Å². The number of rotatable bonds is 30. The van der Waals surface area contributed by atoms with Crippen LogP contribution in [0.25, 0.3) is 90.6 Å². The fraction of sp³-hybridized carbons (Fsp3) is 0.372. The van der Waals surface area contributed by atoms with Gasteiger partial charge in [0.15, 0.2) is 34.9 Å². The van der Waals surface area contributed by atoms with E-state index < -0.39 is 0 Å². The number of aromatic nitrogens is 6. The first-order valence-electron chi connectivity index (χ1n) is 35.0. The molecule has 2 heterocycles. The summed E-state index contributed by atoms with van der Waals surface area (Å²) >= 11 is 0. The van der Waals surface area contributed by atoms with Gasteiger partial charge in [0.05, 0.1) is 0 Å². The highest BCUT2D eigenvalue weighted by Crippen LogP contribution is 2.34. The summed E-state index contributed by atoms with van der Waals surface area (Å²) in [7, 11) is 0. The molecule has 0 saturated carbocycles. The minimum absolute atomic E-state index is 0.683. The third-order valence-electron chi connectivity index (χ3n) is 18.1. The van der Waals surface area contributed by atoms with Crippen molar-refractivity contribution in [3.8, 4) is 90.6 Å². The molecule has 476 valence electrons. The number of hydrogen-bond acceptors (Lipinski definition) is 6. The molecule has 10 aromatic rings. The van der Waals surface area contributed by atoms with Crippen molar-refractivity contribution < 1.29 is 0 Å². The third kappa shape index (κ3) is 19.9. The lowest BCUT2D eigenvalue weighted by Gasteiger charge is -2.13. The smallest absolute Gasteiger partial charge is 0.164 e. The van der Waals surface area contributed by atoms with Gasteiger partial charge in [-0.3, -0.25) is 0 Å². The topological polar surface area (TPSA) is 77.3 Å². The van der Waals surface area contributed by atoms with Crippen molar-refractivity contribution in [1.82, 2.24) is 29.9 Å². The summed E-state index contributed by atoms with van der Waals surface area (Å²) < 4.78 is 0. The summed E-state index contributed by atoms with van der Waals surface area (Å²) in [6.07, 6.45) is 29.5. The van der Waals surface area contributed by atoms with E-state index in [9.17, 15) is 0 Å². The van der Waals surface area contributed by atoms with E-state index in [1.165, 1.54) is 206 Å². The molecule has 0 N–H and O–H groups in total. The highest BCUT2D eigenvalue weighted by Gasteiger charge is 2.17. The SMILES string of the molecule is CCCCCCCCCCCCc1ccc(-c2nc(-c3ccc(-c4c(C)cc(C)cc4C)cc3)nc(-c3ccc(-c4c(C)cc(C)cc4C)cc3)n2)cc1.CCCCCCCCCCCCc1ccc(-c2nc(-c3cccc(C)c3)nc(-c3cccc(C)c3)n2)cc1. The maximum atomic E-state index is 5.08. The molecule has 0 radical (unpaired) electrons. The molecule has 6 nitrogen and oxygen atoms in total. The average Bonchev–Trinajstić information content (AvgIpc) is 0.903. The molecule has 6 heteroatoms. The van der Waals surface area contributed by atoms with Gasteiger partial charge in [0.25, 0.3) is 0 Å². The Hall–Kier alpha value is -8.22. The van der Waals surface area contributed by atoms with E-state index in [2.05, 4.69) is 239 Å². The summed E-state index contributed by atoms with van der Waals surface area (Å²) in [5, 5.41) is 0. The van der Waals surface area contributed by atoms with Crippen molar-refractivity contribution in [2.24, 2.45) is 0 Å². The minimum Gasteiger partial charge on any atom is -0.208 e. The van der Waals surface area contributed by atoms with Gasteiger partial charge in [-0.1, -0.05) is 309 Å². The quantitative estimate of drug-likeness (QED) is 0.0418. The molecule has 2 aromatic heterocycles. The molecule has 8 aromatic carbocycles. The lowest BCUT2D eigenvalue weighted by molar-refractivity contribution is 0.556. The first kappa shape index (κ1) is 68.2. The summed E-state index contributed by atoms with van der Waals surface area (Å²) in [6, 6.07) is 60.9. The molecule has 0 bridgehead atoms. The first-order chi connectivity index (χ1) is 44.8. The summed E-state index contributed by atoms with van der Waals surface area (Å²) in [6.45, 7) is 21.9. The zero-order valence-corrected chi connectivity index (χ0v) is 57.4. The van der Waals surface area contributed by atoms with Crippen molar-refractivity contribution >= 4 is 0 Å². The van der Waals surface area contributed by atoms with Crippen LogP contribution in [-0.4, -0.2) is 29.9 Å². The van der Waals surface area contributed by atoms with Gasteiger partial charge in [-0.05, 0) is 149 Å². The van der Waals surface area contributed by atoms with E-state index >= 15 is 0 Å². The molecule has 10 rings (SSSR count). The average molecular weight is 1220 g/mol. The second-order valence-corrected chi connectivity index (χ2v) is 26.3. The van der Waals surface area contributed by atoms with Crippen LogP contribution in [0, 0.1) is 55.4 Å². The molecular formula is C86H102N6. The van der Waals surface area contributed by atoms with E-state index in [0.717, 1.165) is 52.0 Å². The Morgan fingerprint density at radius 1 is 0.217 bits per heavy atom. The molecule has 0 spiro atoms. The monoisotopic (exact) mass is 1220 g/mol. The van der Waals surface area contributed by atoms with Crippen LogP contribution < -0.4 is 0 Å². The molecular weight excluding hydrogens is 1120 g/mol. The lowest BCUT2D eigenvalue weighted by Crippen LogP contribution is -2.00. The van der Waals surface area contributed by atoms with E-state index in [4.69, 9.17) is 29.9 Å². The maximum absolute atomic E-state index is 5.08. The van der Waals surface area contributed by atoms with Gasteiger partial charge in [-0.15, -0.1) is 0 Å². The van der Waals surface area contributed by atoms with Gasteiger partial charge >= 0.3 is 0 Å². The molecule has 92 heavy (non-hydrogen) atoms. The number of aryl methyl sites for hydroxylation is 10. The van der Waals surface area contributed by atoms with Crippen molar-refractivity contribution in [3.05, 3.63) is 225 Å². The summed E-state index contributed by atoms with van der Waals surface area (Å²) in [5.74, 6) is 4.21. The molecule has 0 amide bonds. The number of benzene rings is 8. The highest BCUT2D eigenvalue weighted by molar-refractivity contribution is 5.77. The van der Waals surface area contributed by atoms with Crippen LogP contribution in [0.4, 0.5) is 0 Å². The van der Waals surface area contributed by atoms with Crippen molar-refractivity contribution in [2.75, 3.05) is 0 Å². The Balaban J connectivity index is 0.000000231. The van der Waals surface area contributed by atoms with Gasteiger partial charge in [0, 0.05) is 33.4 Å². The number of nitrogens with zero attached hydrogens (tertiary/aromatic N) is 6. The van der Waals surface area contributed by atoms with Gasteiger partial charge in [0.2, 0.25) is 0 Å². The summed E-state index contributed by atoms with van der Waals surface area (Å²) in [4.78, 5) is 29.9. The van der Waals surface area contributed by atoms with E-state index in [-0.39, 0.29) is 0 Å². The van der Waals surface area contributed by atoms with Crippen LogP contribution in [-0.2, 0) is 12.8 Å². The number of unbranched alkanes of at least 4 members (excludes halogenated alkanes) is 18. The standard InChI is InChI=1S/C51H59N3.C35H43N3/c1-8-9-10-11-12-13-14-15-16-17-18-41-19-21-44(22-20-41)49-52-50(45-27-23-42(24-28-45)47-37(4)31-35(2)32-38(47)5)54-51(53-49)46-29-25-43(26-30-46)48-39(6)33-36(3)34-40(48)7;1-4-5-6-7-8-9-10-11-12-13-18-29-21-23-30(24-22-29)33-36-34(31-19-14-16-27(2)25-31)38-35(37-33)32-20-15-17-28(3)26-32/h19-34H,8-18H2,1-7H3;14-17,19-26H,4-13,18H2,1-3H3. The second-order valence-electron chi connectivity index (χ2n) is 26.3. The zero-order chi connectivity index (χ0) is 64.6. The Morgan fingerprint density at radius 3 is 0.728 bits per heavy atom. The molecule has 0 unspecified atom stereocenters. The Labute approximate surface area is 553 Å². The van der Waals surface area contributed by atoms with Crippen molar-refractivity contribution in [3.63, 3.8) is 0 Å². The van der Waals surface area contributed by atoms with Crippen LogP contribution in [0.1, 0.15) is 198 Å². The zero-order valence-electron chi connectivity index (χ0n) is 57.4. The molecule has 0 atom stereocenters. The Bertz CT molecular complexity index is 3690. The molecule has 0 aliphatic carbocycles. The van der Waals surface area contributed by atoms with Gasteiger partial charge < -0.3 is 0 Å². The first-order valence-corrected chi connectivity index (χ1v) is 35.0. The predicted molar refractivity (Wildman–Crippen MR) is 392 cm³/mol. The van der Waals surface area contributed by atoms with Crippen LogP contribution in [0.3, 0.4) is 0 Å². The van der Waals surface area contributed by atoms with Crippen LogP contribution in [0.15, 0.2) is 170 Å². The lowest BCUT2D eigenvalue weighted by atomic mass is 9.93. The minimum atomic E-state index is 0.683.